The predicted octanol–water partition coefficient (Wildman–Crippen LogP) is 5.09. The summed E-state index contributed by atoms with van der Waals surface area (Å²) in [5.74, 6) is 0.0831. The summed E-state index contributed by atoms with van der Waals surface area (Å²) in [5.41, 5.74) is -1.61. The first-order chi connectivity index (χ1) is 12.1. The van der Waals surface area contributed by atoms with Crippen LogP contribution in [0.1, 0.15) is 95.9 Å². The molecule has 0 rings (SSSR count). The summed E-state index contributed by atoms with van der Waals surface area (Å²) < 4.78 is 8.19. The summed E-state index contributed by atoms with van der Waals surface area (Å²) in [7, 11) is 0. The Hall–Kier alpha value is -0.936. The minimum atomic E-state index is -0.402. The van der Waals surface area contributed by atoms with Crippen LogP contribution in [0.25, 0.3) is 0 Å². The number of ketones is 4. The second-order valence-electron chi connectivity index (χ2n) is 11.0. The van der Waals surface area contributed by atoms with Crippen molar-refractivity contribution in [3.8, 4) is 0 Å². The van der Waals surface area contributed by atoms with Gasteiger partial charge in [0.15, 0.2) is 0 Å². The van der Waals surface area contributed by atoms with Crippen LogP contribution in [0.4, 0.5) is 0 Å². The van der Waals surface area contributed by atoms with Crippen LogP contribution in [0.15, 0.2) is 0 Å². The van der Waals surface area contributed by atoms with Gasteiger partial charge in [-0.3, -0.25) is 19.2 Å². The van der Waals surface area contributed by atoms with Crippen LogP contribution >= 0.6 is 0 Å². The van der Waals surface area contributed by atoms with E-state index in [9.17, 15) is 19.2 Å². The molecule has 0 heterocycles. The first-order valence-electron chi connectivity index (χ1n) is 9.41. The third-order valence-corrected chi connectivity index (χ3v) is 3.99. The van der Waals surface area contributed by atoms with E-state index in [1.807, 2.05) is 83.1 Å². The van der Waals surface area contributed by atoms with Gasteiger partial charge in [-0.25, -0.2) is 0 Å². The van der Waals surface area contributed by atoms with E-state index >= 15 is 0 Å². The zero-order valence-corrected chi connectivity index (χ0v) is 21.3. The van der Waals surface area contributed by atoms with Crippen LogP contribution in [-0.2, 0) is 40.2 Å². The average Bonchev–Trinajstić information content (AvgIpc) is 2.45. The summed E-state index contributed by atoms with van der Waals surface area (Å²) in [4.78, 5) is 46.0. The van der Waals surface area contributed by atoms with E-state index in [0.29, 0.717) is 0 Å². The fourth-order valence-electron chi connectivity index (χ4n) is 1.35. The zero-order chi connectivity index (χ0) is 23.7. The van der Waals surface area contributed by atoms with Crippen LogP contribution in [0.2, 0.25) is 0 Å². The second-order valence-corrected chi connectivity index (χ2v) is 11.0. The first kappa shape index (κ1) is 31.8. The second kappa shape index (κ2) is 11.9. The molecule has 0 aliphatic carbocycles. The van der Waals surface area contributed by atoms with Crippen LogP contribution < -0.4 is 0 Å². The van der Waals surface area contributed by atoms with Gasteiger partial charge in [0.25, 0.3) is 0 Å². The van der Waals surface area contributed by atoms with Gasteiger partial charge in [0, 0.05) is 21.7 Å². The van der Waals surface area contributed by atoms with Crippen molar-refractivity contribution in [1.29, 1.82) is 0 Å². The Morgan fingerprint density at radius 1 is 0.429 bits per heavy atom. The Kier molecular flexibility index (Phi) is 13.5. The van der Waals surface area contributed by atoms with Gasteiger partial charge < -0.3 is 0 Å². The molecule has 0 saturated heterocycles. The number of rotatable bonds is 4. The summed E-state index contributed by atoms with van der Waals surface area (Å²) in [6.45, 7) is 22.1. The fraction of sp³-hybridized carbons (Fsp3) is 0.818. The zero-order valence-electron chi connectivity index (χ0n) is 19.9. The number of hydrogen-bond acceptors (Lipinski definition) is 5. The molecular weight excluding hydrogens is 395 g/mol. The molecule has 6 heteroatoms. The topological polar surface area (TPSA) is 85.3 Å². The van der Waals surface area contributed by atoms with E-state index < -0.39 is 21.7 Å². The maximum atomic E-state index is 11.5. The van der Waals surface area contributed by atoms with Crippen molar-refractivity contribution in [2.24, 2.45) is 21.7 Å². The van der Waals surface area contributed by atoms with Gasteiger partial charge in [-0.05, 0) is 0 Å². The molecule has 0 amide bonds. The van der Waals surface area contributed by atoms with Crippen LogP contribution in [0, 0.1) is 21.7 Å². The molecule has 163 valence electrons. The van der Waals surface area contributed by atoms with Gasteiger partial charge in [-0.1, -0.05) is 83.1 Å². The minimum absolute atomic E-state index is 0.0208. The molecule has 0 spiro atoms. The first-order valence-corrected chi connectivity index (χ1v) is 9.98. The van der Waals surface area contributed by atoms with Crippen molar-refractivity contribution in [2.45, 2.75) is 95.9 Å². The van der Waals surface area contributed by atoms with Gasteiger partial charge >= 0.3 is 21.0 Å². The molecule has 0 N–H and O–H groups in total. The molecule has 5 nitrogen and oxygen atoms in total. The Morgan fingerprint density at radius 3 is 0.607 bits per heavy atom. The molecule has 0 aromatic heterocycles. The fourth-order valence-corrected chi connectivity index (χ4v) is 1.35. The van der Waals surface area contributed by atoms with Crippen LogP contribution in [0.5, 0.6) is 0 Å². The summed E-state index contributed by atoms with van der Waals surface area (Å²) in [6.07, 6.45) is 0.125. The van der Waals surface area contributed by atoms with Gasteiger partial charge in [0.1, 0.15) is 23.1 Å². The average molecular weight is 436 g/mol. The van der Waals surface area contributed by atoms with Crippen molar-refractivity contribution in [3.63, 3.8) is 0 Å². The van der Waals surface area contributed by atoms with Crippen molar-refractivity contribution >= 4 is 23.1 Å². The van der Waals surface area contributed by atoms with E-state index in [0.717, 1.165) is 17.4 Å². The molecule has 0 aliphatic heterocycles. The Labute approximate surface area is 181 Å². The van der Waals surface area contributed by atoms with Gasteiger partial charge in [0.05, 0.1) is 12.8 Å². The van der Waals surface area contributed by atoms with E-state index in [4.69, 9.17) is 3.67 Å². The molecule has 0 atom stereocenters. The third-order valence-electron chi connectivity index (χ3n) is 3.99. The maximum absolute atomic E-state index is 11.5. The van der Waals surface area contributed by atoms with Gasteiger partial charge in [-0.2, -0.15) is 0 Å². The Bertz CT molecular complexity index is 451. The van der Waals surface area contributed by atoms with Crippen molar-refractivity contribution in [3.05, 3.63) is 0 Å². The Balaban J connectivity index is -0.000000410. The Morgan fingerprint density at radius 2 is 0.536 bits per heavy atom. The molecule has 0 aliphatic rings. The molecular formula is C22H40O5V. The van der Waals surface area contributed by atoms with Crippen LogP contribution in [0.3, 0.4) is 0 Å². The van der Waals surface area contributed by atoms with Crippen molar-refractivity contribution in [2.75, 3.05) is 0 Å². The molecule has 0 saturated carbocycles. The number of carbonyl (C=O) groups excluding carboxylic acids is 4. The standard InChI is InChI=1S/2C11H20O2.O.V/c2*1-10(2,3)8(12)7-9(13)11(4,5)6;;/h2*7H2,1-6H3;;. The van der Waals surface area contributed by atoms with Crippen molar-refractivity contribution in [1.82, 2.24) is 0 Å². The van der Waals surface area contributed by atoms with Crippen molar-refractivity contribution < 1.29 is 40.2 Å². The monoisotopic (exact) mass is 435 g/mol. The number of carbonyl (C=O) groups is 4. The van der Waals surface area contributed by atoms with Gasteiger partial charge in [0.2, 0.25) is 0 Å². The van der Waals surface area contributed by atoms with Crippen LogP contribution in [-0.4, -0.2) is 23.1 Å². The van der Waals surface area contributed by atoms with E-state index in [1.165, 1.54) is 0 Å². The molecule has 0 bridgehead atoms. The molecule has 0 fully saturated rings. The summed E-state index contributed by atoms with van der Waals surface area (Å²) >= 11 is 1.06. The molecule has 0 aromatic rings. The molecule has 0 unspecified atom stereocenters. The van der Waals surface area contributed by atoms with E-state index in [2.05, 4.69) is 0 Å². The third kappa shape index (κ3) is 15.0. The SMILES string of the molecule is CC(C)(C)C(=O)CC(=O)C(C)(C)C.CC(C)(C)C(=O)CC(=O)C(C)(C)C.[O]=[V]. The molecule has 28 heavy (non-hydrogen) atoms. The number of hydrogen-bond donors (Lipinski definition) is 0. The van der Waals surface area contributed by atoms with E-state index in [1.54, 1.807) is 0 Å². The molecule has 0 aromatic carbocycles. The molecule has 0 radical (unpaired) electrons. The summed E-state index contributed by atoms with van der Waals surface area (Å²) in [6, 6.07) is 0. The predicted molar refractivity (Wildman–Crippen MR) is 108 cm³/mol. The van der Waals surface area contributed by atoms with E-state index in [-0.39, 0.29) is 36.0 Å². The summed E-state index contributed by atoms with van der Waals surface area (Å²) in [5, 5.41) is 0. The van der Waals surface area contributed by atoms with Gasteiger partial charge in [-0.15, -0.1) is 0 Å². The number of Topliss-reactive ketones (excluding diaryl/α,β-unsaturated/α-hetero) is 4. The normalized spacial score (nSPS) is 12.0. The quantitative estimate of drug-likeness (QED) is 0.574.